The van der Waals surface area contributed by atoms with E-state index in [0.29, 0.717) is 22.2 Å². The maximum Gasteiger partial charge on any atom is 0.135 e. The first-order valence-corrected chi connectivity index (χ1v) is 6.42. The van der Waals surface area contributed by atoms with E-state index in [4.69, 9.17) is 22.1 Å². The summed E-state index contributed by atoms with van der Waals surface area (Å²) in [6.07, 6.45) is 0. The second-order valence-corrected chi connectivity index (χ2v) is 4.82. The molecule has 0 aliphatic heterocycles. The largest absolute Gasteiger partial charge is 0.457 e. The van der Waals surface area contributed by atoms with E-state index in [9.17, 15) is 4.39 Å². The van der Waals surface area contributed by atoms with Crippen LogP contribution in [0.15, 0.2) is 54.6 Å². The lowest BCUT2D eigenvalue weighted by molar-refractivity contribution is 0.482. The molecule has 0 aliphatic rings. The van der Waals surface area contributed by atoms with Crippen molar-refractivity contribution in [2.45, 2.75) is 0 Å². The first-order chi connectivity index (χ1) is 9.63. The summed E-state index contributed by atoms with van der Waals surface area (Å²) in [5.74, 6) is 0.531. The zero-order chi connectivity index (χ0) is 14.1. The normalized spacial score (nSPS) is 10.7. The van der Waals surface area contributed by atoms with Crippen LogP contribution in [0.3, 0.4) is 0 Å². The van der Waals surface area contributed by atoms with E-state index in [1.165, 1.54) is 12.1 Å². The maximum atomic E-state index is 13.3. The first-order valence-electron chi connectivity index (χ1n) is 6.04. The van der Waals surface area contributed by atoms with Crippen LogP contribution in [0.1, 0.15) is 0 Å². The van der Waals surface area contributed by atoms with Gasteiger partial charge in [0, 0.05) is 33.6 Å². The minimum Gasteiger partial charge on any atom is -0.457 e. The van der Waals surface area contributed by atoms with Crippen LogP contribution in [-0.2, 0) is 0 Å². The minimum absolute atomic E-state index is 0.318. The van der Waals surface area contributed by atoms with Crippen molar-refractivity contribution in [2.75, 3.05) is 5.73 Å². The number of rotatable bonds is 2. The number of benzene rings is 3. The van der Waals surface area contributed by atoms with E-state index in [1.807, 2.05) is 24.3 Å². The number of fused-ring (bicyclic) bond motifs is 1. The van der Waals surface area contributed by atoms with Gasteiger partial charge in [-0.25, -0.2) is 4.39 Å². The summed E-state index contributed by atoms with van der Waals surface area (Å²) < 4.78 is 19.1. The Balaban J connectivity index is 2.09. The van der Waals surface area contributed by atoms with Crippen LogP contribution in [0.25, 0.3) is 10.8 Å². The van der Waals surface area contributed by atoms with Crippen LogP contribution in [0.2, 0.25) is 5.02 Å². The summed E-state index contributed by atoms with van der Waals surface area (Å²) in [6.45, 7) is 0. The monoisotopic (exact) mass is 287 g/mol. The van der Waals surface area contributed by atoms with Crippen LogP contribution < -0.4 is 10.5 Å². The van der Waals surface area contributed by atoms with Gasteiger partial charge in [0.1, 0.15) is 17.3 Å². The third kappa shape index (κ3) is 2.40. The smallest absolute Gasteiger partial charge is 0.135 e. The molecule has 3 aromatic carbocycles. The Bertz CT molecular complexity index is 768. The van der Waals surface area contributed by atoms with Gasteiger partial charge >= 0.3 is 0 Å². The van der Waals surface area contributed by atoms with Gasteiger partial charge in [-0.15, -0.1) is 0 Å². The van der Waals surface area contributed by atoms with Crippen molar-refractivity contribution in [1.82, 2.24) is 0 Å². The lowest BCUT2D eigenvalue weighted by atomic mass is 10.1. The molecule has 0 radical (unpaired) electrons. The summed E-state index contributed by atoms with van der Waals surface area (Å²) in [7, 11) is 0. The molecular formula is C16H11ClFNO. The van der Waals surface area contributed by atoms with Gasteiger partial charge in [-0.2, -0.15) is 0 Å². The van der Waals surface area contributed by atoms with Crippen LogP contribution in [0.4, 0.5) is 10.1 Å². The third-order valence-electron chi connectivity index (χ3n) is 2.95. The molecule has 0 unspecified atom stereocenters. The molecule has 0 spiro atoms. The summed E-state index contributed by atoms with van der Waals surface area (Å²) in [6, 6.07) is 15.2. The Morgan fingerprint density at radius 1 is 0.950 bits per heavy atom. The Morgan fingerprint density at radius 3 is 2.45 bits per heavy atom. The fourth-order valence-corrected chi connectivity index (χ4v) is 2.32. The average Bonchev–Trinajstić information content (AvgIpc) is 2.41. The van der Waals surface area contributed by atoms with Gasteiger partial charge in [-0.3, -0.25) is 0 Å². The van der Waals surface area contributed by atoms with Gasteiger partial charge in [-0.1, -0.05) is 35.9 Å². The number of nitrogens with two attached hydrogens (primary N) is 1. The highest BCUT2D eigenvalue weighted by Gasteiger charge is 2.07. The molecule has 0 aliphatic carbocycles. The van der Waals surface area contributed by atoms with Gasteiger partial charge in [0.25, 0.3) is 0 Å². The topological polar surface area (TPSA) is 35.2 Å². The zero-order valence-corrected chi connectivity index (χ0v) is 11.2. The summed E-state index contributed by atoms with van der Waals surface area (Å²) in [5.41, 5.74) is 5.93. The molecule has 0 heterocycles. The zero-order valence-electron chi connectivity index (χ0n) is 10.4. The van der Waals surface area contributed by atoms with E-state index in [0.717, 1.165) is 10.8 Å². The molecule has 0 atom stereocenters. The Labute approximate surface area is 120 Å². The number of nitrogen functional groups attached to an aromatic ring is 1. The van der Waals surface area contributed by atoms with Crippen molar-refractivity contribution < 1.29 is 9.13 Å². The lowest BCUT2D eigenvalue weighted by Crippen LogP contribution is -1.91. The molecule has 0 fully saturated rings. The van der Waals surface area contributed by atoms with Crippen LogP contribution >= 0.6 is 11.6 Å². The molecule has 100 valence electrons. The minimum atomic E-state index is -0.432. The third-order valence-corrected chi connectivity index (χ3v) is 3.28. The molecule has 2 N–H and O–H groups in total. The molecule has 4 heteroatoms. The SMILES string of the molecule is Nc1cc(F)cc(Oc2ccc(Cl)c3ccccc23)c1. The number of ether oxygens (including phenoxy) is 1. The van der Waals surface area contributed by atoms with Crippen LogP contribution in [-0.4, -0.2) is 0 Å². The van der Waals surface area contributed by atoms with Gasteiger partial charge < -0.3 is 10.5 Å². The highest BCUT2D eigenvalue weighted by molar-refractivity contribution is 6.35. The number of hydrogen-bond donors (Lipinski definition) is 1. The van der Waals surface area contributed by atoms with E-state index in [-0.39, 0.29) is 0 Å². The van der Waals surface area contributed by atoms with Gasteiger partial charge in [0.05, 0.1) is 0 Å². The predicted molar refractivity (Wildman–Crippen MR) is 79.8 cm³/mol. The fraction of sp³-hybridized carbons (Fsp3) is 0. The fourth-order valence-electron chi connectivity index (χ4n) is 2.09. The standard InChI is InChI=1S/C16H11ClFNO/c17-15-5-6-16(14-4-2-1-3-13(14)15)20-12-8-10(18)7-11(19)9-12/h1-9H,19H2. The summed E-state index contributed by atoms with van der Waals surface area (Å²) in [5, 5.41) is 2.39. The Kier molecular flexibility index (Phi) is 3.20. The van der Waals surface area contributed by atoms with Gasteiger partial charge in [0.15, 0.2) is 0 Å². The average molecular weight is 288 g/mol. The molecule has 0 saturated heterocycles. The molecule has 0 bridgehead atoms. The number of halogens is 2. The maximum absolute atomic E-state index is 13.3. The van der Waals surface area contributed by atoms with E-state index in [1.54, 1.807) is 18.2 Å². The van der Waals surface area contributed by atoms with Crippen molar-refractivity contribution in [2.24, 2.45) is 0 Å². The molecular weight excluding hydrogens is 277 g/mol. The Hall–Kier alpha value is -2.26. The highest BCUT2D eigenvalue weighted by atomic mass is 35.5. The van der Waals surface area contributed by atoms with Crippen LogP contribution in [0.5, 0.6) is 11.5 Å². The first kappa shape index (κ1) is 12.8. The number of anilines is 1. The molecule has 2 nitrogen and oxygen atoms in total. The Morgan fingerprint density at radius 2 is 1.70 bits per heavy atom. The quantitative estimate of drug-likeness (QED) is 0.673. The molecule has 0 saturated carbocycles. The van der Waals surface area contributed by atoms with Gasteiger partial charge in [-0.05, 0) is 18.2 Å². The van der Waals surface area contributed by atoms with Crippen LogP contribution in [0, 0.1) is 5.82 Å². The van der Waals surface area contributed by atoms with Crippen molar-refractivity contribution >= 4 is 28.1 Å². The summed E-state index contributed by atoms with van der Waals surface area (Å²) >= 11 is 6.15. The van der Waals surface area contributed by atoms with E-state index >= 15 is 0 Å². The van der Waals surface area contributed by atoms with Crippen molar-refractivity contribution in [1.29, 1.82) is 0 Å². The number of hydrogen-bond acceptors (Lipinski definition) is 2. The molecule has 3 rings (SSSR count). The summed E-state index contributed by atoms with van der Waals surface area (Å²) in [4.78, 5) is 0. The predicted octanol–water partition coefficient (Wildman–Crippen LogP) is 5.01. The second kappa shape index (κ2) is 5.02. The molecule has 0 aromatic heterocycles. The van der Waals surface area contributed by atoms with Crippen molar-refractivity contribution in [3.8, 4) is 11.5 Å². The van der Waals surface area contributed by atoms with Gasteiger partial charge in [0.2, 0.25) is 0 Å². The van der Waals surface area contributed by atoms with E-state index < -0.39 is 5.82 Å². The molecule has 20 heavy (non-hydrogen) atoms. The molecule has 3 aromatic rings. The van der Waals surface area contributed by atoms with Crippen molar-refractivity contribution in [3.05, 3.63) is 65.4 Å². The highest BCUT2D eigenvalue weighted by Crippen LogP contribution is 2.34. The van der Waals surface area contributed by atoms with E-state index in [2.05, 4.69) is 0 Å². The van der Waals surface area contributed by atoms with Crippen molar-refractivity contribution in [3.63, 3.8) is 0 Å². The molecule has 0 amide bonds. The lowest BCUT2D eigenvalue weighted by Gasteiger charge is -2.10. The second-order valence-electron chi connectivity index (χ2n) is 4.41.